The quantitative estimate of drug-likeness (QED) is 0.577. The third-order valence-electron chi connectivity index (χ3n) is 0.898. The van der Waals surface area contributed by atoms with Gasteiger partial charge in [-0.2, -0.15) is 0 Å². The van der Waals surface area contributed by atoms with Gasteiger partial charge in [-0.15, -0.1) is 0 Å². The van der Waals surface area contributed by atoms with Gasteiger partial charge in [-0.25, -0.2) is 0 Å². The molecule has 0 saturated carbocycles. The van der Waals surface area contributed by atoms with Crippen molar-refractivity contribution in [1.29, 1.82) is 0 Å². The van der Waals surface area contributed by atoms with E-state index in [1.165, 1.54) is 19.4 Å². The lowest BCUT2D eigenvalue weighted by molar-refractivity contribution is 0.0954. The van der Waals surface area contributed by atoms with E-state index < -0.39 is 0 Å². The first-order valence-corrected chi connectivity index (χ1v) is 2.47. The van der Waals surface area contributed by atoms with Crippen molar-refractivity contribution in [2.24, 2.45) is 0 Å². The van der Waals surface area contributed by atoms with Crippen molar-refractivity contribution in [1.82, 2.24) is 10.5 Å². The van der Waals surface area contributed by atoms with E-state index in [0.717, 1.165) is 0 Å². The highest BCUT2D eigenvalue weighted by atomic mass is 16.5. The van der Waals surface area contributed by atoms with Crippen molar-refractivity contribution in [2.75, 3.05) is 7.05 Å². The molecule has 0 bridgehead atoms. The second-order valence-corrected chi connectivity index (χ2v) is 1.46. The molecule has 0 radical (unpaired) electrons. The van der Waals surface area contributed by atoms with E-state index in [9.17, 15) is 4.79 Å². The summed E-state index contributed by atoms with van der Waals surface area (Å²) >= 11 is 0. The minimum absolute atomic E-state index is 0.233. The molecule has 1 amide bonds. The predicted molar refractivity (Wildman–Crippen MR) is 29.9 cm³/mol. The van der Waals surface area contributed by atoms with Gasteiger partial charge in [-0.3, -0.25) is 4.79 Å². The Morgan fingerprint density at radius 3 is 3.11 bits per heavy atom. The van der Waals surface area contributed by atoms with Crippen LogP contribution in [0.15, 0.2) is 16.9 Å². The van der Waals surface area contributed by atoms with Crippen LogP contribution in [0.1, 0.15) is 10.5 Å². The largest absolute Gasteiger partial charge is 0.364 e. The molecule has 1 aromatic heterocycles. The standard InChI is InChI=1S/C5H6N2O2/c1-6-5(8)4-2-3-9-7-4/h2-3H,1H3,(H,6,8). The summed E-state index contributed by atoms with van der Waals surface area (Å²) in [5.41, 5.74) is 0.303. The van der Waals surface area contributed by atoms with E-state index >= 15 is 0 Å². The summed E-state index contributed by atoms with van der Waals surface area (Å²) in [6.45, 7) is 0. The van der Waals surface area contributed by atoms with Crippen molar-refractivity contribution in [3.8, 4) is 0 Å². The van der Waals surface area contributed by atoms with Crippen molar-refractivity contribution in [2.45, 2.75) is 0 Å². The number of hydrogen-bond donors (Lipinski definition) is 1. The van der Waals surface area contributed by atoms with Crippen molar-refractivity contribution in [3.05, 3.63) is 18.0 Å². The number of nitrogens with one attached hydrogen (secondary N) is 1. The third kappa shape index (κ3) is 1.07. The minimum atomic E-state index is -0.233. The van der Waals surface area contributed by atoms with E-state index in [2.05, 4.69) is 15.0 Å². The number of hydrogen-bond acceptors (Lipinski definition) is 3. The van der Waals surface area contributed by atoms with Gasteiger partial charge in [0.1, 0.15) is 6.26 Å². The van der Waals surface area contributed by atoms with Crippen LogP contribution in [0.5, 0.6) is 0 Å². The zero-order valence-corrected chi connectivity index (χ0v) is 4.92. The molecule has 9 heavy (non-hydrogen) atoms. The summed E-state index contributed by atoms with van der Waals surface area (Å²) in [4.78, 5) is 10.6. The van der Waals surface area contributed by atoms with Crippen molar-refractivity contribution >= 4 is 5.91 Å². The van der Waals surface area contributed by atoms with E-state index in [4.69, 9.17) is 0 Å². The van der Waals surface area contributed by atoms with Crippen molar-refractivity contribution < 1.29 is 9.32 Å². The fraction of sp³-hybridized carbons (Fsp3) is 0.200. The van der Waals surface area contributed by atoms with Gasteiger partial charge in [-0.1, -0.05) is 5.16 Å². The molecule has 1 rings (SSSR count). The van der Waals surface area contributed by atoms with Crippen molar-refractivity contribution in [3.63, 3.8) is 0 Å². The van der Waals surface area contributed by atoms with E-state index in [-0.39, 0.29) is 5.91 Å². The SMILES string of the molecule is CNC(=O)c1ccon1. The van der Waals surface area contributed by atoms with Crippen LogP contribution in [0, 0.1) is 0 Å². The number of nitrogens with zero attached hydrogens (tertiary/aromatic N) is 1. The Morgan fingerprint density at radius 1 is 1.89 bits per heavy atom. The second kappa shape index (κ2) is 2.30. The smallest absolute Gasteiger partial charge is 0.273 e. The fourth-order valence-corrected chi connectivity index (χ4v) is 0.458. The van der Waals surface area contributed by atoms with Gasteiger partial charge in [0.2, 0.25) is 0 Å². The highest BCUT2D eigenvalue weighted by Gasteiger charge is 2.03. The normalized spacial score (nSPS) is 9.00. The maximum atomic E-state index is 10.6. The molecule has 0 saturated heterocycles. The lowest BCUT2D eigenvalue weighted by atomic mass is 10.4. The molecular formula is C5H6N2O2. The molecule has 0 aromatic carbocycles. The number of rotatable bonds is 1. The monoisotopic (exact) mass is 126 g/mol. The Labute approximate surface area is 51.8 Å². The summed E-state index contributed by atoms with van der Waals surface area (Å²) in [6, 6.07) is 1.50. The lowest BCUT2D eigenvalue weighted by Gasteiger charge is -1.88. The molecule has 48 valence electrons. The van der Waals surface area contributed by atoms with Crippen LogP contribution in [0.2, 0.25) is 0 Å². The number of amides is 1. The molecule has 0 unspecified atom stereocenters. The molecule has 4 heteroatoms. The Kier molecular flexibility index (Phi) is 1.48. The first-order valence-electron chi connectivity index (χ1n) is 2.47. The van der Waals surface area contributed by atoms with E-state index in [0.29, 0.717) is 5.69 Å². The highest BCUT2D eigenvalue weighted by Crippen LogP contribution is 1.91. The molecule has 0 spiro atoms. The van der Waals surface area contributed by atoms with Gasteiger partial charge >= 0.3 is 0 Å². The molecule has 1 N–H and O–H groups in total. The average molecular weight is 126 g/mol. The second-order valence-electron chi connectivity index (χ2n) is 1.46. The Hall–Kier alpha value is -1.32. The third-order valence-corrected chi connectivity index (χ3v) is 0.898. The van der Waals surface area contributed by atoms with Gasteiger partial charge in [0.05, 0.1) is 0 Å². The molecule has 1 heterocycles. The van der Waals surface area contributed by atoms with Crippen LogP contribution in [0.25, 0.3) is 0 Å². The maximum absolute atomic E-state index is 10.6. The Morgan fingerprint density at radius 2 is 2.67 bits per heavy atom. The molecule has 0 aliphatic heterocycles. The zero-order chi connectivity index (χ0) is 6.69. The minimum Gasteiger partial charge on any atom is -0.364 e. The highest BCUT2D eigenvalue weighted by molar-refractivity contribution is 5.91. The van der Waals surface area contributed by atoms with Gasteiger partial charge < -0.3 is 9.84 Å². The Bertz CT molecular complexity index is 193. The van der Waals surface area contributed by atoms with Crippen LogP contribution in [-0.4, -0.2) is 18.1 Å². The van der Waals surface area contributed by atoms with Gasteiger partial charge in [-0.05, 0) is 0 Å². The molecule has 0 atom stereocenters. The lowest BCUT2D eigenvalue weighted by Crippen LogP contribution is -2.17. The Balaban J connectivity index is 2.77. The average Bonchev–Trinajstić information content (AvgIpc) is 2.37. The number of carbonyl (C=O) groups is 1. The maximum Gasteiger partial charge on any atom is 0.273 e. The van der Waals surface area contributed by atoms with E-state index in [1.54, 1.807) is 0 Å². The first kappa shape index (κ1) is 5.81. The summed E-state index contributed by atoms with van der Waals surface area (Å²) in [7, 11) is 1.54. The molecule has 4 nitrogen and oxygen atoms in total. The molecule has 0 fully saturated rings. The summed E-state index contributed by atoms with van der Waals surface area (Å²) in [5, 5.41) is 5.81. The fourth-order valence-electron chi connectivity index (χ4n) is 0.458. The predicted octanol–water partition coefficient (Wildman–Crippen LogP) is 0.0342. The van der Waals surface area contributed by atoms with Crippen LogP contribution in [0.3, 0.4) is 0 Å². The summed E-state index contributed by atoms with van der Waals surface area (Å²) in [5.74, 6) is -0.233. The number of carbonyl (C=O) groups excluding carboxylic acids is 1. The molecule has 0 aliphatic carbocycles. The van der Waals surface area contributed by atoms with Gasteiger partial charge in [0, 0.05) is 13.1 Å². The zero-order valence-electron chi connectivity index (χ0n) is 4.92. The molecular weight excluding hydrogens is 120 g/mol. The summed E-state index contributed by atoms with van der Waals surface area (Å²) < 4.78 is 4.43. The number of aromatic nitrogens is 1. The van der Waals surface area contributed by atoms with Crippen LogP contribution in [-0.2, 0) is 0 Å². The van der Waals surface area contributed by atoms with Gasteiger partial charge in [0.15, 0.2) is 5.69 Å². The van der Waals surface area contributed by atoms with Crippen LogP contribution < -0.4 is 5.32 Å². The van der Waals surface area contributed by atoms with Crippen LogP contribution >= 0.6 is 0 Å². The van der Waals surface area contributed by atoms with Crippen LogP contribution in [0.4, 0.5) is 0 Å². The first-order chi connectivity index (χ1) is 4.34. The molecule has 1 aromatic rings. The molecule has 0 aliphatic rings. The summed E-state index contributed by atoms with van der Waals surface area (Å²) in [6.07, 6.45) is 1.35. The topological polar surface area (TPSA) is 55.1 Å². The van der Waals surface area contributed by atoms with Gasteiger partial charge in [0.25, 0.3) is 5.91 Å². The van der Waals surface area contributed by atoms with E-state index in [1.807, 2.05) is 0 Å².